The van der Waals surface area contributed by atoms with Crippen LogP contribution in [0.4, 0.5) is 13.2 Å². The van der Waals surface area contributed by atoms with Gasteiger partial charge in [0, 0.05) is 5.56 Å². The van der Waals surface area contributed by atoms with Crippen LogP contribution in [-0.4, -0.2) is 10.2 Å². The molecule has 3 aromatic rings. The van der Waals surface area contributed by atoms with Crippen LogP contribution >= 0.6 is 11.6 Å². The third-order valence-corrected chi connectivity index (χ3v) is 3.32. The van der Waals surface area contributed by atoms with Crippen molar-refractivity contribution in [2.75, 3.05) is 0 Å². The molecule has 0 saturated heterocycles. The highest BCUT2D eigenvalue weighted by Crippen LogP contribution is 2.32. The summed E-state index contributed by atoms with van der Waals surface area (Å²) >= 11 is 6.03. The smallest absolute Gasteiger partial charge is 0.416 e. The van der Waals surface area contributed by atoms with E-state index in [4.69, 9.17) is 16.0 Å². The molecule has 0 aliphatic carbocycles. The Balaban J connectivity index is 1.93. The lowest BCUT2D eigenvalue weighted by Crippen LogP contribution is -2.03. The van der Waals surface area contributed by atoms with E-state index in [1.807, 2.05) is 0 Å². The Hall–Kier alpha value is -2.34. The van der Waals surface area contributed by atoms with Crippen molar-refractivity contribution in [3.8, 4) is 22.9 Å². The number of rotatable bonds is 2. The molecule has 1 aromatic heterocycles. The molecule has 7 heteroatoms. The molecule has 112 valence electrons. The summed E-state index contributed by atoms with van der Waals surface area (Å²) in [6, 6.07) is 11.4. The van der Waals surface area contributed by atoms with Crippen LogP contribution in [0.15, 0.2) is 52.9 Å². The first-order chi connectivity index (χ1) is 10.4. The normalized spacial score (nSPS) is 11.6. The minimum Gasteiger partial charge on any atom is -0.416 e. The maximum absolute atomic E-state index is 12.5. The zero-order valence-electron chi connectivity index (χ0n) is 10.9. The number of nitrogens with zero attached hydrogens (tertiary/aromatic N) is 2. The quantitative estimate of drug-likeness (QED) is 0.660. The number of hydrogen-bond donors (Lipinski definition) is 0. The second-order valence-corrected chi connectivity index (χ2v) is 4.87. The average molecular weight is 325 g/mol. The van der Waals surface area contributed by atoms with Gasteiger partial charge in [0.1, 0.15) is 0 Å². The number of benzene rings is 2. The lowest BCUT2D eigenvalue weighted by atomic mass is 10.1. The molecule has 0 bridgehead atoms. The van der Waals surface area contributed by atoms with E-state index in [9.17, 15) is 13.2 Å². The van der Waals surface area contributed by atoms with Gasteiger partial charge in [-0.2, -0.15) is 13.2 Å². The topological polar surface area (TPSA) is 38.9 Å². The van der Waals surface area contributed by atoms with Crippen molar-refractivity contribution >= 4 is 11.6 Å². The minimum atomic E-state index is -4.38. The van der Waals surface area contributed by atoms with Crippen LogP contribution in [0.5, 0.6) is 0 Å². The molecule has 3 rings (SSSR count). The molecule has 0 fully saturated rings. The summed E-state index contributed by atoms with van der Waals surface area (Å²) < 4.78 is 43.1. The summed E-state index contributed by atoms with van der Waals surface area (Å²) in [5, 5.41) is 8.16. The van der Waals surface area contributed by atoms with E-state index in [2.05, 4.69) is 10.2 Å². The lowest BCUT2D eigenvalue weighted by Gasteiger charge is -2.05. The fourth-order valence-electron chi connectivity index (χ4n) is 1.89. The molecule has 0 amide bonds. The molecule has 22 heavy (non-hydrogen) atoms. The summed E-state index contributed by atoms with van der Waals surface area (Å²) in [5.74, 6) is 0.337. The van der Waals surface area contributed by atoms with E-state index in [1.165, 1.54) is 12.1 Å². The molecule has 0 N–H and O–H groups in total. The second kappa shape index (κ2) is 5.46. The predicted octanol–water partition coefficient (Wildman–Crippen LogP) is 5.08. The first kappa shape index (κ1) is 14.6. The molecule has 0 atom stereocenters. The van der Waals surface area contributed by atoms with Crippen molar-refractivity contribution in [3.05, 3.63) is 59.1 Å². The lowest BCUT2D eigenvalue weighted by molar-refractivity contribution is -0.137. The van der Waals surface area contributed by atoms with Gasteiger partial charge in [-0.15, -0.1) is 10.2 Å². The van der Waals surface area contributed by atoms with Gasteiger partial charge < -0.3 is 4.42 Å². The van der Waals surface area contributed by atoms with Gasteiger partial charge in [0.05, 0.1) is 16.1 Å². The number of halogens is 4. The highest BCUT2D eigenvalue weighted by Gasteiger charge is 2.30. The SMILES string of the molecule is FC(F)(F)c1ccc(-c2nnc(-c3ccccc3Cl)o2)cc1. The van der Waals surface area contributed by atoms with Crippen molar-refractivity contribution in [3.63, 3.8) is 0 Å². The Morgan fingerprint density at radius 3 is 2.14 bits per heavy atom. The summed E-state index contributed by atoms with van der Waals surface area (Å²) in [6.07, 6.45) is -4.38. The number of hydrogen-bond acceptors (Lipinski definition) is 3. The van der Waals surface area contributed by atoms with Gasteiger partial charge >= 0.3 is 6.18 Å². The van der Waals surface area contributed by atoms with E-state index >= 15 is 0 Å². The second-order valence-electron chi connectivity index (χ2n) is 4.47. The zero-order chi connectivity index (χ0) is 15.7. The maximum Gasteiger partial charge on any atom is 0.416 e. The van der Waals surface area contributed by atoms with Crippen LogP contribution in [0, 0.1) is 0 Å². The Bertz CT molecular complexity index is 797. The molecule has 0 saturated carbocycles. The standard InChI is InChI=1S/C15H8ClF3N2O/c16-12-4-2-1-3-11(12)14-21-20-13(22-14)9-5-7-10(8-6-9)15(17,18)19/h1-8H. The van der Waals surface area contributed by atoms with Gasteiger partial charge in [0.15, 0.2) is 0 Å². The molecule has 0 aliphatic heterocycles. The summed E-state index contributed by atoms with van der Waals surface area (Å²) in [7, 11) is 0. The van der Waals surface area contributed by atoms with Crippen LogP contribution in [0.3, 0.4) is 0 Å². The van der Waals surface area contributed by atoms with Gasteiger partial charge in [-0.05, 0) is 36.4 Å². The summed E-state index contributed by atoms with van der Waals surface area (Å²) in [4.78, 5) is 0. The fraction of sp³-hybridized carbons (Fsp3) is 0.0667. The molecule has 0 spiro atoms. The Morgan fingerprint density at radius 1 is 0.864 bits per heavy atom. The van der Waals surface area contributed by atoms with Crippen LogP contribution < -0.4 is 0 Å². The Kier molecular flexibility index (Phi) is 3.62. The summed E-state index contributed by atoms with van der Waals surface area (Å²) in [5.41, 5.74) is 0.232. The van der Waals surface area contributed by atoms with E-state index < -0.39 is 11.7 Å². The van der Waals surface area contributed by atoms with Crippen LogP contribution in [0.25, 0.3) is 22.9 Å². The van der Waals surface area contributed by atoms with Crippen molar-refractivity contribution in [2.24, 2.45) is 0 Å². The van der Waals surface area contributed by atoms with Gasteiger partial charge in [-0.3, -0.25) is 0 Å². The third-order valence-electron chi connectivity index (χ3n) is 2.99. The molecule has 0 unspecified atom stereocenters. The molecule has 0 aliphatic rings. The first-order valence-corrected chi connectivity index (χ1v) is 6.59. The van der Waals surface area contributed by atoms with Crippen molar-refractivity contribution in [1.82, 2.24) is 10.2 Å². The number of aromatic nitrogens is 2. The monoisotopic (exact) mass is 324 g/mol. The minimum absolute atomic E-state index is 0.128. The summed E-state index contributed by atoms with van der Waals surface area (Å²) in [6.45, 7) is 0. The van der Waals surface area contributed by atoms with Crippen LogP contribution in [0.1, 0.15) is 5.56 Å². The maximum atomic E-state index is 12.5. The van der Waals surface area contributed by atoms with Gasteiger partial charge in [-0.25, -0.2) is 0 Å². The highest BCUT2D eigenvalue weighted by atomic mass is 35.5. The largest absolute Gasteiger partial charge is 0.416 e. The van der Waals surface area contributed by atoms with Crippen LogP contribution in [-0.2, 0) is 6.18 Å². The molecule has 1 heterocycles. The Labute approximate surface area is 128 Å². The molecule has 3 nitrogen and oxygen atoms in total. The molecular weight excluding hydrogens is 317 g/mol. The van der Waals surface area contributed by atoms with Crippen molar-refractivity contribution in [1.29, 1.82) is 0 Å². The average Bonchev–Trinajstić information content (AvgIpc) is 2.96. The van der Waals surface area contributed by atoms with Crippen molar-refractivity contribution < 1.29 is 17.6 Å². The van der Waals surface area contributed by atoms with E-state index in [1.54, 1.807) is 24.3 Å². The molecular formula is C15H8ClF3N2O. The van der Waals surface area contributed by atoms with Gasteiger partial charge in [0.2, 0.25) is 11.8 Å². The zero-order valence-corrected chi connectivity index (χ0v) is 11.7. The van der Waals surface area contributed by atoms with E-state index in [-0.39, 0.29) is 11.8 Å². The Morgan fingerprint density at radius 2 is 1.50 bits per heavy atom. The van der Waals surface area contributed by atoms with Crippen LogP contribution in [0.2, 0.25) is 5.02 Å². The van der Waals surface area contributed by atoms with E-state index in [0.29, 0.717) is 16.1 Å². The predicted molar refractivity (Wildman–Crippen MR) is 75.2 cm³/mol. The van der Waals surface area contributed by atoms with E-state index in [0.717, 1.165) is 12.1 Å². The number of alkyl halides is 3. The highest BCUT2D eigenvalue weighted by molar-refractivity contribution is 6.33. The molecule has 0 radical (unpaired) electrons. The molecule has 2 aromatic carbocycles. The van der Waals surface area contributed by atoms with Gasteiger partial charge in [-0.1, -0.05) is 23.7 Å². The van der Waals surface area contributed by atoms with Crippen molar-refractivity contribution in [2.45, 2.75) is 6.18 Å². The fourth-order valence-corrected chi connectivity index (χ4v) is 2.10. The third kappa shape index (κ3) is 2.82. The van der Waals surface area contributed by atoms with Gasteiger partial charge in [0.25, 0.3) is 0 Å². The first-order valence-electron chi connectivity index (χ1n) is 6.21.